The van der Waals surface area contributed by atoms with Gasteiger partial charge in [-0.2, -0.15) is 0 Å². The summed E-state index contributed by atoms with van der Waals surface area (Å²) in [5.74, 6) is 0.716. The van der Waals surface area contributed by atoms with Crippen LogP contribution in [0.4, 0.5) is 0 Å². The van der Waals surface area contributed by atoms with Crippen LogP contribution in [0.25, 0.3) is 99.7 Å². The SMILES string of the molecule is CC1(C)c2ccccc2-c2c1c1c(c3ccccc3n1-c1ccc(-c3nc(-c4ccccc4)c4ccccc4n3)cc1)c1c2c2ccccc2n1-c1ccccc1. The lowest BCUT2D eigenvalue weighted by Gasteiger charge is -2.24. The highest BCUT2D eigenvalue weighted by atomic mass is 15.0. The van der Waals surface area contributed by atoms with Crippen LogP contribution in [0.15, 0.2) is 182 Å². The highest BCUT2D eigenvalue weighted by Gasteiger charge is 2.41. The zero-order valence-corrected chi connectivity index (χ0v) is 31.6. The molecule has 4 heteroatoms. The van der Waals surface area contributed by atoms with E-state index in [1.54, 1.807) is 0 Å². The van der Waals surface area contributed by atoms with Gasteiger partial charge >= 0.3 is 0 Å². The minimum atomic E-state index is -0.257. The average Bonchev–Trinajstić information content (AvgIpc) is 3.87. The number of hydrogen-bond donors (Lipinski definition) is 0. The van der Waals surface area contributed by atoms with E-state index in [1.165, 1.54) is 65.9 Å². The Morgan fingerprint density at radius 2 is 1.00 bits per heavy atom. The Bertz CT molecular complexity index is 3410. The molecule has 0 atom stereocenters. The molecular weight excluding hydrogens is 693 g/mol. The fraction of sp³-hybridized carbons (Fsp3) is 0.0566. The van der Waals surface area contributed by atoms with Crippen LogP contribution in [-0.4, -0.2) is 19.1 Å². The molecule has 0 fully saturated rings. The summed E-state index contributed by atoms with van der Waals surface area (Å²) in [5, 5.41) is 6.15. The number of para-hydroxylation sites is 4. The van der Waals surface area contributed by atoms with Crippen LogP contribution in [0, 0.1) is 0 Å². The molecule has 0 saturated carbocycles. The molecule has 11 aromatic rings. The molecule has 0 N–H and O–H groups in total. The van der Waals surface area contributed by atoms with Crippen LogP contribution in [0.2, 0.25) is 0 Å². The van der Waals surface area contributed by atoms with Gasteiger partial charge in [-0.1, -0.05) is 141 Å². The predicted octanol–water partition coefficient (Wildman–Crippen LogP) is 13.5. The molecule has 0 aliphatic heterocycles. The van der Waals surface area contributed by atoms with Crippen LogP contribution >= 0.6 is 0 Å². The van der Waals surface area contributed by atoms with Gasteiger partial charge in [-0.25, -0.2) is 9.97 Å². The number of nitrogens with zero attached hydrogens (tertiary/aromatic N) is 4. The number of aromatic nitrogens is 4. The number of rotatable bonds is 4. The van der Waals surface area contributed by atoms with Gasteiger partial charge < -0.3 is 9.13 Å². The van der Waals surface area contributed by atoms with Crippen molar-refractivity contribution in [2.45, 2.75) is 19.3 Å². The summed E-state index contributed by atoms with van der Waals surface area (Å²) < 4.78 is 5.02. The first-order valence-corrected chi connectivity index (χ1v) is 19.7. The van der Waals surface area contributed by atoms with Gasteiger partial charge in [0, 0.05) is 54.8 Å². The third kappa shape index (κ3) is 4.44. The summed E-state index contributed by atoms with van der Waals surface area (Å²) in [4.78, 5) is 10.3. The molecule has 3 heterocycles. The molecule has 4 nitrogen and oxygen atoms in total. The van der Waals surface area contributed by atoms with Gasteiger partial charge in [0.25, 0.3) is 0 Å². The number of benzene rings is 8. The molecule has 0 saturated heterocycles. The van der Waals surface area contributed by atoms with Gasteiger partial charge in [0.05, 0.1) is 33.3 Å². The van der Waals surface area contributed by atoms with Crippen molar-refractivity contribution < 1.29 is 0 Å². The smallest absolute Gasteiger partial charge is 0.160 e. The van der Waals surface area contributed by atoms with Crippen molar-refractivity contribution in [2.24, 2.45) is 0 Å². The standard InChI is InChI=1S/C53H36N4/c1-53(2)41-25-13-9-21-37(41)45-46-39-23-11-15-27-43(39)56(35-19-7-4-8-20-35)50(46)47-40-24-12-16-28-44(40)57(51(47)48(45)53)36-31-29-34(30-32-36)52-54-42-26-14-10-22-38(42)49(55-52)33-17-5-3-6-18-33/h3-32H,1-2H3. The zero-order valence-electron chi connectivity index (χ0n) is 31.6. The second-order valence-corrected chi connectivity index (χ2v) is 15.7. The van der Waals surface area contributed by atoms with E-state index in [1.807, 2.05) is 12.1 Å². The minimum Gasteiger partial charge on any atom is -0.309 e. The monoisotopic (exact) mass is 728 g/mol. The third-order valence-corrected chi connectivity index (χ3v) is 12.3. The van der Waals surface area contributed by atoms with E-state index in [0.29, 0.717) is 5.82 Å². The summed E-state index contributed by atoms with van der Waals surface area (Å²) >= 11 is 0. The lowest BCUT2D eigenvalue weighted by molar-refractivity contribution is 0.664. The zero-order chi connectivity index (χ0) is 37.8. The normalized spacial score (nSPS) is 13.2. The molecule has 0 amide bonds. The Labute approximate surface area is 329 Å². The average molecular weight is 729 g/mol. The van der Waals surface area contributed by atoms with E-state index in [-0.39, 0.29) is 5.41 Å². The minimum absolute atomic E-state index is 0.257. The lowest BCUT2D eigenvalue weighted by Crippen LogP contribution is -2.16. The van der Waals surface area contributed by atoms with Gasteiger partial charge in [-0.15, -0.1) is 0 Å². The Kier molecular flexibility index (Phi) is 6.65. The van der Waals surface area contributed by atoms with Gasteiger partial charge in [0.1, 0.15) is 0 Å². The number of hydrogen-bond acceptors (Lipinski definition) is 2. The highest BCUT2D eigenvalue weighted by molar-refractivity contribution is 6.32. The molecule has 0 unspecified atom stereocenters. The Hall–Kier alpha value is -7.30. The van der Waals surface area contributed by atoms with E-state index in [9.17, 15) is 0 Å². The first-order valence-electron chi connectivity index (χ1n) is 19.7. The molecule has 0 bridgehead atoms. The van der Waals surface area contributed by atoms with Crippen molar-refractivity contribution in [1.82, 2.24) is 19.1 Å². The van der Waals surface area contributed by atoms with E-state index in [4.69, 9.17) is 9.97 Å². The van der Waals surface area contributed by atoms with Crippen molar-refractivity contribution >= 4 is 54.5 Å². The lowest BCUT2D eigenvalue weighted by atomic mass is 9.81. The first-order chi connectivity index (χ1) is 28.1. The Balaban J connectivity index is 1.19. The molecule has 57 heavy (non-hydrogen) atoms. The van der Waals surface area contributed by atoms with Crippen LogP contribution in [-0.2, 0) is 5.41 Å². The maximum absolute atomic E-state index is 5.20. The summed E-state index contributed by atoms with van der Waals surface area (Å²) in [7, 11) is 0. The molecule has 3 aromatic heterocycles. The second-order valence-electron chi connectivity index (χ2n) is 15.7. The van der Waals surface area contributed by atoms with Crippen molar-refractivity contribution in [3.05, 3.63) is 193 Å². The quantitative estimate of drug-likeness (QED) is 0.181. The molecule has 268 valence electrons. The second kappa shape index (κ2) is 11.8. The summed E-state index contributed by atoms with van der Waals surface area (Å²) in [6, 6.07) is 65.4. The van der Waals surface area contributed by atoms with E-state index in [2.05, 4.69) is 193 Å². The third-order valence-electron chi connectivity index (χ3n) is 12.3. The van der Waals surface area contributed by atoms with Gasteiger partial charge in [0.15, 0.2) is 5.82 Å². The van der Waals surface area contributed by atoms with Crippen molar-refractivity contribution in [1.29, 1.82) is 0 Å². The molecule has 0 radical (unpaired) electrons. The fourth-order valence-corrected chi connectivity index (χ4v) is 9.84. The van der Waals surface area contributed by atoms with Crippen molar-refractivity contribution in [3.63, 3.8) is 0 Å². The van der Waals surface area contributed by atoms with Crippen LogP contribution in [0.3, 0.4) is 0 Å². The topological polar surface area (TPSA) is 35.6 Å². The Morgan fingerprint density at radius 3 is 1.74 bits per heavy atom. The van der Waals surface area contributed by atoms with E-state index in [0.717, 1.165) is 39.1 Å². The highest BCUT2D eigenvalue weighted by Crippen LogP contribution is 2.58. The molecule has 12 rings (SSSR count). The largest absolute Gasteiger partial charge is 0.309 e. The van der Waals surface area contributed by atoms with Gasteiger partial charge in [-0.3, -0.25) is 0 Å². The van der Waals surface area contributed by atoms with Crippen molar-refractivity contribution in [3.8, 4) is 45.1 Å². The molecule has 1 aliphatic rings. The molecule has 1 aliphatic carbocycles. The molecule has 0 spiro atoms. The maximum atomic E-state index is 5.20. The number of fused-ring (bicyclic) bond motifs is 13. The first kappa shape index (κ1) is 32.0. The predicted molar refractivity (Wildman–Crippen MR) is 237 cm³/mol. The van der Waals surface area contributed by atoms with Crippen LogP contribution in [0.1, 0.15) is 25.0 Å². The van der Waals surface area contributed by atoms with Crippen LogP contribution in [0.5, 0.6) is 0 Å². The van der Waals surface area contributed by atoms with Gasteiger partial charge in [-0.05, 0) is 76.9 Å². The summed E-state index contributed by atoms with van der Waals surface area (Å²) in [6.45, 7) is 4.82. The van der Waals surface area contributed by atoms with Gasteiger partial charge in [0.2, 0.25) is 0 Å². The molecular formula is C53H36N4. The maximum Gasteiger partial charge on any atom is 0.160 e. The summed E-state index contributed by atoms with van der Waals surface area (Å²) in [5.41, 5.74) is 16.2. The Morgan fingerprint density at radius 1 is 0.439 bits per heavy atom. The molecule has 8 aromatic carbocycles. The van der Waals surface area contributed by atoms with Crippen molar-refractivity contribution in [2.75, 3.05) is 0 Å². The fourth-order valence-electron chi connectivity index (χ4n) is 9.84. The summed E-state index contributed by atoms with van der Waals surface area (Å²) in [6.07, 6.45) is 0. The van der Waals surface area contributed by atoms with E-state index >= 15 is 0 Å². The van der Waals surface area contributed by atoms with E-state index < -0.39 is 0 Å². The van der Waals surface area contributed by atoms with Crippen LogP contribution < -0.4 is 0 Å².